The molecule has 34 heavy (non-hydrogen) atoms. The molecule has 3 N–H and O–H groups in total. The maximum absolute atomic E-state index is 13.8. The van der Waals surface area contributed by atoms with Crippen molar-refractivity contribution in [2.24, 2.45) is 0 Å². The van der Waals surface area contributed by atoms with Crippen LogP contribution in [0.1, 0.15) is 72.4 Å². The topological polar surface area (TPSA) is 108 Å². The Morgan fingerprint density at radius 2 is 1.76 bits per heavy atom. The Morgan fingerprint density at radius 3 is 2.26 bits per heavy atom. The van der Waals surface area contributed by atoms with Gasteiger partial charge in [0.05, 0.1) is 0 Å². The highest BCUT2D eigenvalue weighted by molar-refractivity contribution is 7.98. The maximum atomic E-state index is 13.8. The summed E-state index contributed by atoms with van der Waals surface area (Å²) in [6, 6.07) is 4.17. The highest BCUT2D eigenvalue weighted by Crippen LogP contribution is 2.27. The number of unbranched alkanes of at least 4 members (excludes halogenated alkanes) is 1. The standard InChI is InChI=1S/C25H41N3O5S/c1-8-9-15-26-22(30)21(18-10-12-19(29)13-11-18)28(17(2)3)23(31)20(14-16-34-7)27-24(32)33-25(4,5)6/h10-13,17,20-21,29H,8-9,14-16H2,1-7H3,(H,26,30)(H,27,32). The number of phenols is 1. The summed E-state index contributed by atoms with van der Waals surface area (Å²) in [5, 5.41) is 15.4. The van der Waals surface area contributed by atoms with Crippen molar-refractivity contribution in [2.75, 3.05) is 18.6 Å². The highest BCUT2D eigenvalue weighted by Gasteiger charge is 2.37. The molecule has 0 aliphatic carbocycles. The van der Waals surface area contributed by atoms with Crippen molar-refractivity contribution in [2.45, 2.75) is 84.5 Å². The number of aromatic hydroxyl groups is 1. The molecule has 0 fully saturated rings. The fraction of sp³-hybridized carbons (Fsp3) is 0.640. The van der Waals surface area contributed by atoms with Crippen LogP contribution in [0.15, 0.2) is 24.3 Å². The molecule has 0 bridgehead atoms. The van der Waals surface area contributed by atoms with E-state index < -0.39 is 23.8 Å². The van der Waals surface area contributed by atoms with E-state index in [1.165, 1.54) is 17.0 Å². The Hall–Kier alpha value is -2.42. The summed E-state index contributed by atoms with van der Waals surface area (Å²) < 4.78 is 5.38. The van der Waals surface area contributed by atoms with E-state index in [-0.39, 0.29) is 23.6 Å². The Bertz CT molecular complexity index is 793. The predicted molar refractivity (Wildman–Crippen MR) is 137 cm³/mol. The Labute approximate surface area is 208 Å². The van der Waals surface area contributed by atoms with E-state index in [1.807, 2.05) is 27.0 Å². The van der Waals surface area contributed by atoms with Gasteiger partial charge in [0.2, 0.25) is 11.8 Å². The van der Waals surface area contributed by atoms with Gasteiger partial charge in [-0.3, -0.25) is 9.59 Å². The molecular weight excluding hydrogens is 454 g/mol. The second kappa shape index (κ2) is 14.1. The number of rotatable bonds is 12. The fourth-order valence-electron chi connectivity index (χ4n) is 3.38. The van der Waals surface area contributed by atoms with Crippen molar-refractivity contribution in [3.8, 4) is 5.75 Å². The van der Waals surface area contributed by atoms with Crippen molar-refractivity contribution in [1.82, 2.24) is 15.5 Å². The van der Waals surface area contributed by atoms with Gasteiger partial charge in [0, 0.05) is 12.6 Å². The first kappa shape index (κ1) is 29.6. The number of nitrogens with one attached hydrogen (secondary N) is 2. The summed E-state index contributed by atoms with van der Waals surface area (Å²) in [5.74, 6) is 0.0477. The molecule has 9 heteroatoms. The zero-order valence-corrected chi connectivity index (χ0v) is 22.3. The van der Waals surface area contributed by atoms with E-state index in [2.05, 4.69) is 10.6 Å². The molecule has 0 aliphatic rings. The number of amides is 3. The van der Waals surface area contributed by atoms with E-state index >= 15 is 0 Å². The number of benzene rings is 1. The van der Waals surface area contributed by atoms with Crippen LogP contribution in [-0.2, 0) is 14.3 Å². The minimum Gasteiger partial charge on any atom is -0.508 e. The number of phenolic OH excluding ortho intramolecular Hbond substituents is 1. The molecule has 1 rings (SSSR count). The molecule has 0 aromatic heterocycles. The Kier molecular flexibility index (Phi) is 12.3. The summed E-state index contributed by atoms with van der Waals surface area (Å²) in [7, 11) is 0. The van der Waals surface area contributed by atoms with Crippen LogP contribution in [0.4, 0.5) is 4.79 Å². The van der Waals surface area contributed by atoms with Gasteiger partial charge in [-0.15, -0.1) is 0 Å². The summed E-state index contributed by atoms with van der Waals surface area (Å²) in [6.07, 6.45) is 3.38. The van der Waals surface area contributed by atoms with Gasteiger partial charge in [0.15, 0.2) is 0 Å². The maximum Gasteiger partial charge on any atom is 0.408 e. The molecule has 0 heterocycles. The lowest BCUT2D eigenvalue weighted by Crippen LogP contribution is -2.55. The van der Waals surface area contributed by atoms with Crippen LogP contribution in [0.5, 0.6) is 5.75 Å². The first-order chi connectivity index (χ1) is 15.9. The molecule has 3 amide bonds. The van der Waals surface area contributed by atoms with Crippen LogP contribution >= 0.6 is 11.8 Å². The molecule has 192 valence electrons. The summed E-state index contributed by atoms with van der Waals surface area (Å²) >= 11 is 1.56. The van der Waals surface area contributed by atoms with E-state index in [9.17, 15) is 19.5 Å². The number of carbonyl (C=O) groups is 3. The summed E-state index contributed by atoms with van der Waals surface area (Å²) in [6.45, 7) is 11.5. The van der Waals surface area contributed by atoms with Crippen molar-refractivity contribution < 1.29 is 24.2 Å². The average molecular weight is 496 g/mol. The highest BCUT2D eigenvalue weighted by atomic mass is 32.2. The number of thioether (sulfide) groups is 1. The number of carbonyl (C=O) groups excluding carboxylic acids is 3. The van der Waals surface area contributed by atoms with Crippen molar-refractivity contribution in [3.05, 3.63) is 29.8 Å². The predicted octanol–water partition coefficient (Wildman–Crippen LogP) is 4.23. The molecule has 0 spiro atoms. The van der Waals surface area contributed by atoms with E-state index in [1.54, 1.807) is 44.7 Å². The van der Waals surface area contributed by atoms with Gasteiger partial charge >= 0.3 is 6.09 Å². The minimum atomic E-state index is -0.915. The second-order valence-corrected chi connectivity index (χ2v) is 10.4. The monoisotopic (exact) mass is 495 g/mol. The van der Waals surface area contributed by atoms with Crippen LogP contribution in [0, 0.1) is 0 Å². The fourth-order valence-corrected chi connectivity index (χ4v) is 3.85. The molecule has 2 atom stereocenters. The van der Waals surface area contributed by atoms with Gasteiger partial charge in [0.1, 0.15) is 23.4 Å². The molecule has 0 radical (unpaired) electrons. The summed E-state index contributed by atoms with van der Waals surface area (Å²) in [5.41, 5.74) is -0.127. The average Bonchev–Trinajstić information content (AvgIpc) is 2.73. The van der Waals surface area contributed by atoms with Crippen molar-refractivity contribution >= 4 is 29.7 Å². The quantitative estimate of drug-likeness (QED) is 0.375. The molecule has 1 aromatic rings. The van der Waals surface area contributed by atoms with E-state index in [4.69, 9.17) is 4.74 Å². The third-order valence-corrected chi connectivity index (χ3v) is 5.62. The molecule has 1 aromatic carbocycles. The van der Waals surface area contributed by atoms with Crippen LogP contribution in [0.2, 0.25) is 0 Å². The van der Waals surface area contributed by atoms with Crippen LogP contribution in [0.25, 0.3) is 0 Å². The number of hydrogen-bond acceptors (Lipinski definition) is 6. The minimum absolute atomic E-state index is 0.0701. The van der Waals surface area contributed by atoms with Gasteiger partial charge in [-0.2, -0.15) is 11.8 Å². The first-order valence-electron chi connectivity index (χ1n) is 11.8. The van der Waals surface area contributed by atoms with Crippen molar-refractivity contribution in [1.29, 1.82) is 0 Å². The lowest BCUT2D eigenvalue weighted by molar-refractivity contribution is -0.144. The van der Waals surface area contributed by atoms with Crippen LogP contribution in [-0.4, -0.2) is 64.2 Å². The lowest BCUT2D eigenvalue weighted by atomic mass is 10.0. The third-order valence-electron chi connectivity index (χ3n) is 4.98. The van der Waals surface area contributed by atoms with Gasteiger partial charge in [-0.05, 0) is 77.2 Å². The van der Waals surface area contributed by atoms with Crippen LogP contribution < -0.4 is 10.6 Å². The van der Waals surface area contributed by atoms with Gasteiger partial charge < -0.3 is 25.4 Å². The first-order valence-corrected chi connectivity index (χ1v) is 13.2. The molecule has 8 nitrogen and oxygen atoms in total. The normalized spacial score (nSPS) is 13.2. The van der Waals surface area contributed by atoms with Gasteiger partial charge in [0.25, 0.3) is 0 Å². The van der Waals surface area contributed by atoms with Gasteiger partial charge in [-0.1, -0.05) is 25.5 Å². The smallest absolute Gasteiger partial charge is 0.408 e. The van der Waals surface area contributed by atoms with Crippen LogP contribution in [0.3, 0.4) is 0 Å². The van der Waals surface area contributed by atoms with Gasteiger partial charge in [-0.25, -0.2) is 4.79 Å². The second-order valence-electron chi connectivity index (χ2n) is 9.46. The number of alkyl carbamates (subject to hydrolysis) is 1. The van der Waals surface area contributed by atoms with E-state index in [0.717, 1.165) is 12.8 Å². The third kappa shape index (κ3) is 9.83. The lowest BCUT2D eigenvalue weighted by Gasteiger charge is -2.37. The number of hydrogen-bond donors (Lipinski definition) is 3. The molecular formula is C25H41N3O5S. The number of ether oxygens (including phenoxy) is 1. The Morgan fingerprint density at radius 1 is 1.15 bits per heavy atom. The van der Waals surface area contributed by atoms with Crippen molar-refractivity contribution in [3.63, 3.8) is 0 Å². The molecule has 0 saturated carbocycles. The number of nitrogens with zero attached hydrogens (tertiary/aromatic N) is 1. The Balaban J connectivity index is 3.35. The summed E-state index contributed by atoms with van der Waals surface area (Å²) in [4.78, 5) is 41.1. The zero-order chi connectivity index (χ0) is 25.9. The zero-order valence-electron chi connectivity index (χ0n) is 21.5. The largest absolute Gasteiger partial charge is 0.508 e. The molecule has 0 saturated heterocycles. The SMILES string of the molecule is CCCCNC(=O)C(c1ccc(O)cc1)N(C(=O)C(CCSC)NC(=O)OC(C)(C)C)C(C)C. The van der Waals surface area contributed by atoms with E-state index in [0.29, 0.717) is 24.3 Å². The molecule has 2 unspecified atom stereocenters. The molecule has 0 aliphatic heterocycles.